The number of hydrogen-bond acceptors (Lipinski definition) is 1. The second-order valence-corrected chi connectivity index (χ2v) is 4.98. The summed E-state index contributed by atoms with van der Waals surface area (Å²) in [4.78, 5) is 0. The van der Waals surface area contributed by atoms with Crippen molar-refractivity contribution in [2.45, 2.75) is 13.8 Å². The van der Waals surface area contributed by atoms with E-state index in [9.17, 15) is 5.11 Å². The molecule has 3 aromatic carbocycles. The summed E-state index contributed by atoms with van der Waals surface area (Å²) in [5.41, 5.74) is 2.20. The van der Waals surface area contributed by atoms with Gasteiger partial charge >= 0.3 is 0 Å². The van der Waals surface area contributed by atoms with Gasteiger partial charge in [0, 0.05) is 5.39 Å². The highest BCUT2D eigenvalue weighted by Crippen LogP contribution is 2.39. The van der Waals surface area contributed by atoms with Crippen molar-refractivity contribution in [3.8, 4) is 17.2 Å². The van der Waals surface area contributed by atoms with Gasteiger partial charge in [0.15, 0.2) is 5.75 Å². The van der Waals surface area contributed by atoms with Gasteiger partial charge < -0.3 is 4.74 Å². The Bertz CT molecular complexity index is 775. The van der Waals surface area contributed by atoms with E-state index < -0.39 is 0 Å². The predicted molar refractivity (Wildman–Crippen MR) is 80.1 cm³/mol. The van der Waals surface area contributed by atoms with Gasteiger partial charge in [-0.1, -0.05) is 48.0 Å². The zero-order chi connectivity index (χ0) is 14.1. The Balaban J connectivity index is 2.12. The molecule has 0 unspecified atom stereocenters. The zero-order valence-corrected chi connectivity index (χ0v) is 11.5. The average molecular weight is 263 g/mol. The third-order valence-corrected chi connectivity index (χ3v) is 3.39. The first-order valence-electron chi connectivity index (χ1n) is 6.59. The Hall–Kier alpha value is -2.48. The molecule has 2 nitrogen and oxygen atoms in total. The van der Waals surface area contributed by atoms with Crippen LogP contribution in [0.25, 0.3) is 10.8 Å². The topological polar surface area (TPSA) is 29.1 Å². The summed E-state index contributed by atoms with van der Waals surface area (Å²) in [6, 6.07) is 17.1. The lowest BCUT2D eigenvalue weighted by Crippen LogP contribution is -1.90. The summed E-state index contributed by atoms with van der Waals surface area (Å²) < 4.78 is 5.90. The minimum absolute atomic E-state index is 0.0938. The fourth-order valence-corrected chi connectivity index (χ4v) is 2.35. The van der Waals surface area contributed by atoms with Crippen LogP contribution < -0.4 is 4.74 Å². The molecule has 0 amide bonds. The van der Waals surface area contributed by atoms with E-state index in [1.54, 1.807) is 6.07 Å². The molecule has 0 bridgehead atoms. The van der Waals surface area contributed by atoms with Gasteiger partial charge in [0.1, 0.15) is 5.75 Å². The smallest absolute Gasteiger partial charge is 0.221 e. The van der Waals surface area contributed by atoms with E-state index in [1.165, 1.54) is 5.56 Å². The van der Waals surface area contributed by atoms with Crippen LogP contribution in [-0.4, -0.2) is 0 Å². The molecule has 0 fully saturated rings. The van der Waals surface area contributed by atoms with Crippen molar-refractivity contribution in [1.82, 2.24) is 0 Å². The molecule has 0 aromatic heterocycles. The molecule has 0 saturated heterocycles. The lowest BCUT2D eigenvalue weighted by atomic mass is 10.1. The largest absolute Gasteiger partial charge is 0.452 e. The van der Waals surface area contributed by atoms with E-state index in [2.05, 4.69) is 0 Å². The third-order valence-electron chi connectivity index (χ3n) is 3.39. The second kappa shape index (κ2) is 4.89. The molecular weight excluding hydrogens is 248 g/mol. The van der Waals surface area contributed by atoms with Gasteiger partial charge in [-0.15, -0.1) is 0 Å². The summed E-state index contributed by atoms with van der Waals surface area (Å²) in [6.45, 7) is 4.02. The van der Waals surface area contributed by atoms with E-state index in [1.807, 2.05) is 62.4 Å². The van der Waals surface area contributed by atoms with Crippen molar-refractivity contribution >= 4 is 10.8 Å². The monoisotopic (exact) mass is 263 g/mol. The summed E-state index contributed by atoms with van der Waals surface area (Å²) in [5, 5.41) is 13.9. The first-order valence-corrected chi connectivity index (χ1v) is 6.59. The molecular formula is C18H15O2. The molecule has 0 atom stereocenters. The predicted octanol–water partition coefficient (Wildman–Crippen LogP) is 5.39. The molecule has 3 rings (SSSR count). The molecule has 0 aliphatic heterocycles. The lowest BCUT2D eigenvalue weighted by molar-refractivity contribution is 0.330. The Morgan fingerprint density at radius 1 is 0.900 bits per heavy atom. The second-order valence-electron chi connectivity index (χ2n) is 4.98. The van der Waals surface area contributed by atoms with Crippen LogP contribution in [0.5, 0.6) is 17.2 Å². The summed E-state index contributed by atoms with van der Waals surface area (Å²) in [5.74, 6) is 1.03. The van der Waals surface area contributed by atoms with Crippen molar-refractivity contribution in [2.24, 2.45) is 0 Å². The summed E-state index contributed by atoms with van der Waals surface area (Å²) in [7, 11) is 0. The molecule has 3 aromatic rings. The average Bonchev–Trinajstić information content (AvgIpc) is 2.44. The SMILES string of the molecule is Cc1ccc(Oc2c([O])ccc3ccccc23)c(C)c1. The van der Waals surface area contributed by atoms with Crippen molar-refractivity contribution in [2.75, 3.05) is 0 Å². The maximum absolute atomic E-state index is 12.1. The van der Waals surface area contributed by atoms with Crippen LogP contribution in [0, 0.1) is 13.8 Å². The maximum Gasteiger partial charge on any atom is 0.221 e. The highest BCUT2D eigenvalue weighted by Gasteiger charge is 2.12. The number of fused-ring (bicyclic) bond motifs is 1. The van der Waals surface area contributed by atoms with Crippen LogP contribution in [0.3, 0.4) is 0 Å². The van der Waals surface area contributed by atoms with Crippen LogP contribution in [0.2, 0.25) is 0 Å². The third kappa shape index (κ3) is 2.21. The van der Waals surface area contributed by atoms with Gasteiger partial charge in [-0.2, -0.15) is 0 Å². The first kappa shape index (κ1) is 12.5. The van der Waals surface area contributed by atoms with E-state index >= 15 is 0 Å². The molecule has 0 aliphatic carbocycles. The van der Waals surface area contributed by atoms with Crippen LogP contribution in [0.15, 0.2) is 54.6 Å². The Morgan fingerprint density at radius 3 is 2.50 bits per heavy atom. The fourth-order valence-electron chi connectivity index (χ4n) is 2.35. The van der Waals surface area contributed by atoms with Gasteiger partial charge in [0.2, 0.25) is 5.75 Å². The fraction of sp³-hybridized carbons (Fsp3) is 0.111. The van der Waals surface area contributed by atoms with Crippen LogP contribution in [0.4, 0.5) is 0 Å². The highest BCUT2D eigenvalue weighted by atomic mass is 16.5. The van der Waals surface area contributed by atoms with E-state index in [0.717, 1.165) is 22.1 Å². The van der Waals surface area contributed by atoms with Gasteiger partial charge in [-0.3, -0.25) is 5.11 Å². The molecule has 0 saturated carbocycles. The highest BCUT2D eigenvalue weighted by molar-refractivity contribution is 5.90. The number of ether oxygens (including phenoxy) is 1. The van der Waals surface area contributed by atoms with E-state index in [0.29, 0.717) is 5.75 Å². The van der Waals surface area contributed by atoms with Gasteiger partial charge in [-0.25, -0.2) is 0 Å². The van der Waals surface area contributed by atoms with E-state index in [-0.39, 0.29) is 5.75 Å². The molecule has 0 heterocycles. The summed E-state index contributed by atoms with van der Waals surface area (Å²) in [6.07, 6.45) is 0. The van der Waals surface area contributed by atoms with E-state index in [4.69, 9.17) is 4.74 Å². The zero-order valence-electron chi connectivity index (χ0n) is 11.5. The Labute approximate surface area is 118 Å². The van der Waals surface area contributed by atoms with Crippen LogP contribution in [0.1, 0.15) is 11.1 Å². The van der Waals surface area contributed by atoms with Gasteiger partial charge in [0.25, 0.3) is 0 Å². The lowest BCUT2D eigenvalue weighted by Gasteiger charge is -2.12. The quantitative estimate of drug-likeness (QED) is 0.609. The molecule has 20 heavy (non-hydrogen) atoms. The van der Waals surface area contributed by atoms with Crippen molar-refractivity contribution in [3.05, 3.63) is 65.7 Å². The molecule has 0 aliphatic rings. The van der Waals surface area contributed by atoms with Crippen molar-refractivity contribution < 1.29 is 9.84 Å². The standard InChI is InChI=1S/C18H15O2/c1-12-7-10-17(13(2)11-12)20-18-15-6-4-3-5-14(15)8-9-16(18)19/h3-11H,1-2H3. The first-order chi connectivity index (χ1) is 9.65. The van der Waals surface area contributed by atoms with Crippen LogP contribution in [-0.2, 0) is 5.11 Å². The molecule has 1 radical (unpaired) electrons. The molecule has 0 N–H and O–H groups in total. The maximum atomic E-state index is 12.1. The van der Waals surface area contributed by atoms with Gasteiger partial charge in [0.05, 0.1) is 0 Å². The number of hydrogen-bond donors (Lipinski definition) is 0. The Kier molecular flexibility index (Phi) is 3.07. The Morgan fingerprint density at radius 2 is 1.70 bits per heavy atom. The number of rotatable bonds is 2. The molecule has 99 valence electrons. The van der Waals surface area contributed by atoms with Gasteiger partial charge in [-0.05, 0) is 36.9 Å². The minimum Gasteiger partial charge on any atom is -0.452 e. The minimum atomic E-state index is -0.0938. The van der Waals surface area contributed by atoms with Crippen molar-refractivity contribution in [3.63, 3.8) is 0 Å². The normalized spacial score (nSPS) is 10.7. The number of benzene rings is 3. The molecule has 0 spiro atoms. The van der Waals surface area contributed by atoms with Crippen molar-refractivity contribution in [1.29, 1.82) is 0 Å². The molecule has 2 heteroatoms. The number of aryl methyl sites for hydroxylation is 2. The summed E-state index contributed by atoms with van der Waals surface area (Å²) >= 11 is 0. The van der Waals surface area contributed by atoms with Crippen LogP contribution >= 0.6 is 0 Å².